The maximum Gasteiger partial charge on any atom is 0.325 e. The first kappa shape index (κ1) is 16.4. The number of carbonyl (C=O) groups excluding carboxylic acids is 1. The van der Waals surface area contributed by atoms with Crippen LogP contribution >= 0.6 is 27.3 Å². The summed E-state index contributed by atoms with van der Waals surface area (Å²) in [6, 6.07) is 14.4. The van der Waals surface area contributed by atoms with Crippen LogP contribution in [0.1, 0.15) is 0 Å². The Balaban J connectivity index is 1.66. The highest BCUT2D eigenvalue weighted by molar-refractivity contribution is 9.10. The molecule has 2 aromatic carbocycles. The van der Waals surface area contributed by atoms with Crippen LogP contribution in [0.2, 0.25) is 0 Å². The summed E-state index contributed by atoms with van der Waals surface area (Å²) in [5, 5.41) is 14.7. The fourth-order valence-electron chi connectivity index (χ4n) is 1.95. The Bertz CT molecular complexity index is 851. The lowest BCUT2D eigenvalue weighted by molar-refractivity contribution is 0.262. The SMILES string of the molecule is COc1ccc(NC(=O)Nc2nnc(-c3ccccc3Br)s2)cc1. The van der Waals surface area contributed by atoms with Crippen molar-refractivity contribution < 1.29 is 9.53 Å². The summed E-state index contributed by atoms with van der Waals surface area (Å²) in [5.74, 6) is 0.725. The number of hydrogen-bond donors (Lipinski definition) is 2. The number of urea groups is 1. The second-order valence-electron chi connectivity index (χ2n) is 4.70. The molecule has 24 heavy (non-hydrogen) atoms. The first-order chi connectivity index (χ1) is 11.7. The Morgan fingerprint density at radius 3 is 2.54 bits per heavy atom. The Morgan fingerprint density at radius 1 is 1.08 bits per heavy atom. The quantitative estimate of drug-likeness (QED) is 0.664. The maximum atomic E-state index is 12.0. The summed E-state index contributed by atoms with van der Waals surface area (Å²) in [6.45, 7) is 0. The standard InChI is InChI=1S/C16H13BrN4O2S/c1-23-11-8-6-10(7-9-11)18-15(22)19-16-21-20-14(24-16)12-4-2-3-5-13(12)17/h2-9H,1H3,(H2,18,19,21,22). The van der Waals surface area contributed by atoms with E-state index < -0.39 is 0 Å². The van der Waals surface area contributed by atoms with E-state index in [1.807, 2.05) is 24.3 Å². The Kier molecular flexibility index (Phi) is 5.07. The molecule has 0 bridgehead atoms. The smallest absolute Gasteiger partial charge is 0.325 e. The molecular weight excluding hydrogens is 392 g/mol. The lowest BCUT2D eigenvalue weighted by atomic mass is 10.2. The van der Waals surface area contributed by atoms with Gasteiger partial charge in [0.15, 0.2) is 5.01 Å². The maximum absolute atomic E-state index is 12.0. The fraction of sp³-hybridized carbons (Fsp3) is 0.0625. The molecule has 0 unspecified atom stereocenters. The van der Waals surface area contributed by atoms with Gasteiger partial charge in [-0.3, -0.25) is 5.32 Å². The van der Waals surface area contributed by atoms with Gasteiger partial charge in [-0.05, 0) is 30.3 Å². The van der Waals surface area contributed by atoms with Gasteiger partial charge in [-0.25, -0.2) is 4.79 Å². The van der Waals surface area contributed by atoms with Gasteiger partial charge in [-0.2, -0.15) is 0 Å². The van der Waals surface area contributed by atoms with Crippen LogP contribution in [0.25, 0.3) is 10.6 Å². The molecule has 0 aliphatic carbocycles. The number of nitrogens with one attached hydrogen (secondary N) is 2. The normalized spacial score (nSPS) is 10.2. The Labute approximate surface area is 151 Å². The summed E-state index contributed by atoms with van der Waals surface area (Å²) >= 11 is 4.78. The minimum atomic E-state index is -0.380. The first-order valence-corrected chi connectivity index (χ1v) is 8.57. The van der Waals surface area contributed by atoms with Gasteiger partial charge in [0.2, 0.25) is 5.13 Å². The number of benzene rings is 2. The van der Waals surface area contributed by atoms with Crippen LogP contribution in [-0.2, 0) is 0 Å². The number of halogens is 1. The van der Waals surface area contributed by atoms with E-state index in [4.69, 9.17) is 4.74 Å². The average molecular weight is 405 g/mol. The Morgan fingerprint density at radius 2 is 1.83 bits per heavy atom. The molecule has 2 amide bonds. The molecule has 0 spiro atoms. The zero-order chi connectivity index (χ0) is 16.9. The zero-order valence-electron chi connectivity index (χ0n) is 12.6. The third-order valence-corrected chi connectivity index (χ3v) is 4.66. The predicted octanol–water partition coefficient (Wildman–Crippen LogP) is 4.62. The number of anilines is 2. The molecule has 2 N–H and O–H groups in total. The Hall–Kier alpha value is -2.45. The van der Waals surface area contributed by atoms with Crippen molar-refractivity contribution in [2.24, 2.45) is 0 Å². The number of nitrogens with zero attached hydrogens (tertiary/aromatic N) is 2. The molecule has 1 heterocycles. The first-order valence-electron chi connectivity index (χ1n) is 6.96. The summed E-state index contributed by atoms with van der Waals surface area (Å²) < 4.78 is 6.00. The molecule has 3 rings (SSSR count). The third kappa shape index (κ3) is 3.90. The van der Waals surface area contributed by atoms with Crippen molar-refractivity contribution in [3.63, 3.8) is 0 Å². The van der Waals surface area contributed by atoms with E-state index in [-0.39, 0.29) is 6.03 Å². The number of rotatable bonds is 4. The van der Waals surface area contributed by atoms with Crippen molar-refractivity contribution in [2.45, 2.75) is 0 Å². The van der Waals surface area contributed by atoms with Crippen molar-refractivity contribution in [3.05, 3.63) is 53.0 Å². The van der Waals surface area contributed by atoms with Crippen LogP contribution in [0, 0.1) is 0 Å². The summed E-state index contributed by atoms with van der Waals surface area (Å²) in [6.07, 6.45) is 0. The van der Waals surface area contributed by atoms with Crippen molar-refractivity contribution in [3.8, 4) is 16.3 Å². The number of amides is 2. The number of hydrogen-bond acceptors (Lipinski definition) is 5. The fourth-order valence-corrected chi connectivity index (χ4v) is 3.33. The van der Waals surface area contributed by atoms with E-state index in [1.165, 1.54) is 11.3 Å². The highest BCUT2D eigenvalue weighted by atomic mass is 79.9. The van der Waals surface area contributed by atoms with E-state index in [0.717, 1.165) is 20.8 Å². The number of ether oxygens (including phenoxy) is 1. The van der Waals surface area contributed by atoms with E-state index in [0.29, 0.717) is 10.8 Å². The van der Waals surface area contributed by atoms with Gasteiger partial charge in [0.05, 0.1) is 7.11 Å². The van der Waals surface area contributed by atoms with Crippen LogP contribution in [0.5, 0.6) is 5.75 Å². The van der Waals surface area contributed by atoms with Crippen molar-refractivity contribution in [1.82, 2.24) is 10.2 Å². The molecule has 122 valence electrons. The molecule has 1 aromatic heterocycles. The van der Waals surface area contributed by atoms with Crippen molar-refractivity contribution in [1.29, 1.82) is 0 Å². The average Bonchev–Trinajstić information content (AvgIpc) is 3.04. The van der Waals surface area contributed by atoms with Gasteiger partial charge in [0.1, 0.15) is 5.75 Å². The highest BCUT2D eigenvalue weighted by Gasteiger charge is 2.11. The molecule has 0 aliphatic rings. The molecule has 0 saturated heterocycles. The summed E-state index contributed by atoms with van der Waals surface area (Å²) in [7, 11) is 1.59. The molecule has 0 saturated carbocycles. The van der Waals surface area contributed by atoms with Crippen molar-refractivity contribution >= 4 is 44.1 Å². The van der Waals surface area contributed by atoms with Crippen LogP contribution < -0.4 is 15.4 Å². The number of carbonyl (C=O) groups is 1. The monoisotopic (exact) mass is 404 g/mol. The molecule has 6 nitrogen and oxygen atoms in total. The molecule has 0 aliphatic heterocycles. The van der Waals surface area contributed by atoms with Crippen LogP contribution in [-0.4, -0.2) is 23.3 Å². The third-order valence-electron chi connectivity index (χ3n) is 3.10. The summed E-state index contributed by atoms with van der Waals surface area (Å²) in [5.41, 5.74) is 1.59. The van der Waals surface area contributed by atoms with E-state index in [9.17, 15) is 4.79 Å². The highest BCUT2D eigenvalue weighted by Crippen LogP contribution is 2.31. The predicted molar refractivity (Wildman–Crippen MR) is 98.7 cm³/mol. The lowest BCUT2D eigenvalue weighted by Crippen LogP contribution is -2.19. The molecule has 0 atom stereocenters. The second kappa shape index (κ2) is 7.41. The summed E-state index contributed by atoms with van der Waals surface area (Å²) in [4.78, 5) is 12.0. The molecular formula is C16H13BrN4O2S. The molecule has 0 radical (unpaired) electrons. The van der Waals surface area contributed by atoms with Crippen LogP contribution in [0.3, 0.4) is 0 Å². The van der Waals surface area contributed by atoms with Gasteiger partial charge < -0.3 is 10.1 Å². The lowest BCUT2D eigenvalue weighted by Gasteiger charge is -2.05. The van der Waals surface area contributed by atoms with Crippen LogP contribution in [0.4, 0.5) is 15.6 Å². The van der Waals surface area contributed by atoms with E-state index in [1.54, 1.807) is 31.4 Å². The minimum absolute atomic E-state index is 0.380. The van der Waals surface area contributed by atoms with Crippen molar-refractivity contribution in [2.75, 3.05) is 17.7 Å². The minimum Gasteiger partial charge on any atom is -0.497 e. The number of aromatic nitrogens is 2. The molecule has 0 fully saturated rings. The van der Waals surface area contributed by atoms with Gasteiger partial charge in [0, 0.05) is 15.7 Å². The van der Waals surface area contributed by atoms with Gasteiger partial charge in [-0.1, -0.05) is 45.5 Å². The second-order valence-corrected chi connectivity index (χ2v) is 6.53. The molecule has 8 heteroatoms. The zero-order valence-corrected chi connectivity index (χ0v) is 15.0. The van der Waals surface area contributed by atoms with Gasteiger partial charge >= 0.3 is 6.03 Å². The largest absolute Gasteiger partial charge is 0.497 e. The van der Waals surface area contributed by atoms with E-state index in [2.05, 4.69) is 36.8 Å². The number of methoxy groups -OCH3 is 1. The molecule has 3 aromatic rings. The van der Waals surface area contributed by atoms with Crippen LogP contribution in [0.15, 0.2) is 53.0 Å². The van der Waals surface area contributed by atoms with Gasteiger partial charge in [-0.15, -0.1) is 10.2 Å². The van der Waals surface area contributed by atoms with E-state index >= 15 is 0 Å². The topological polar surface area (TPSA) is 76.1 Å². The van der Waals surface area contributed by atoms with Gasteiger partial charge in [0.25, 0.3) is 0 Å².